The van der Waals surface area contributed by atoms with Crippen molar-refractivity contribution in [2.45, 2.75) is 76.9 Å². The molecule has 1 saturated heterocycles. The quantitative estimate of drug-likeness (QED) is 0.765. The van der Waals surface area contributed by atoms with Crippen LogP contribution in [-0.4, -0.2) is 48.7 Å². The van der Waals surface area contributed by atoms with Crippen molar-refractivity contribution in [2.75, 3.05) is 20.2 Å². The predicted molar refractivity (Wildman–Crippen MR) is 85.2 cm³/mol. The minimum absolute atomic E-state index is 0.143. The van der Waals surface area contributed by atoms with Crippen LogP contribution >= 0.6 is 0 Å². The number of nitrogens with zero attached hydrogens (tertiary/aromatic N) is 1. The number of methoxy groups -OCH3 is 1. The van der Waals surface area contributed by atoms with Gasteiger partial charge in [-0.05, 0) is 58.9 Å². The Hall–Kier alpha value is -0.610. The molecule has 2 rings (SSSR count). The highest BCUT2D eigenvalue weighted by Crippen LogP contribution is 2.36. The van der Waals surface area contributed by atoms with Crippen molar-refractivity contribution >= 4 is 5.97 Å². The van der Waals surface area contributed by atoms with E-state index < -0.39 is 5.54 Å². The lowest BCUT2D eigenvalue weighted by molar-refractivity contribution is -0.148. The fourth-order valence-corrected chi connectivity index (χ4v) is 4.24. The van der Waals surface area contributed by atoms with Crippen LogP contribution in [0.2, 0.25) is 0 Å². The van der Waals surface area contributed by atoms with Crippen molar-refractivity contribution < 1.29 is 9.53 Å². The fourth-order valence-electron chi connectivity index (χ4n) is 4.24. The van der Waals surface area contributed by atoms with Crippen LogP contribution in [0.3, 0.4) is 0 Å². The Morgan fingerprint density at radius 1 is 1.33 bits per heavy atom. The van der Waals surface area contributed by atoms with Gasteiger partial charge in [-0.15, -0.1) is 0 Å². The van der Waals surface area contributed by atoms with Gasteiger partial charge in [0, 0.05) is 18.6 Å². The van der Waals surface area contributed by atoms with E-state index in [2.05, 4.69) is 24.1 Å². The Bertz CT molecular complexity index is 359. The Labute approximate surface area is 129 Å². The highest BCUT2D eigenvalue weighted by Gasteiger charge is 2.39. The Balaban J connectivity index is 1.93. The summed E-state index contributed by atoms with van der Waals surface area (Å²) in [6.07, 6.45) is 7.69. The van der Waals surface area contributed by atoms with Crippen LogP contribution in [0.4, 0.5) is 0 Å². The molecule has 122 valence electrons. The number of hydrogen-bond acceptors (Lipinski definition) is 4. The molecule has 1 aliphatic carbocycles. The zero-order valence-electron chi connectivity index (χ0n) is 14.2. The average molecular weight is 296 g/mol. The predicted octanol–water partition coefficient (Wildman–Crippen LogP) is 2.57. The molecule has 0 aromatic heterocycles. The second-order valence-corrected chi connectivity index (χ2v) is 7.31. The Morgan fingerprint density at radius 2 is 2.05 bits per heavy atom. The summed E-state index contributed by atoms with van der Waals surface area (Å²) in [6.45, 7) is 8.33. The van der Waals surface area contributed by atoms with E-state index in [1.54, 1.807) is 0 Å². The molecular formula is C17H32N2O2. The Morgan fingerprint density at radius 3 is 2.71 bits per heavy atom. The number of esters is 1. The maximum Gasteiger partial charge on any atom is 0.325 e. The third-order valence-corrected chi connectivity index (χ3v) is 5.27. The van der Waals surface area contributed by atoms with Crippen molar-refractivity contribution in [1.82, 2.24) is 10.2 Å². The lowest BCUT2D eigenvalue weighted by Crippen LogP contribution is -2.54. The molecule has 0 amide bonds. The maximum atomic E-state index is 12.2. The van der Waals surface area contributed by atoms with Crippen LogP contribution in [0.15, 0.2) is 0 Å². The molecule has 1 heterocycles. The van der Waals surface area contributed by atoms with Gasteiger partial charge in [-0.1, -0.05) is 12.8 Å². The summed E-state index contributed by atoms with van der Waals surface area (Å²) in [5, 5.41) is 3.40. The van der Waals surface area contributed by atoms with Gasteiger partial charge in [-0.2, -0.15) is 0 Å². The minimum atomic E-state index is -0.574. The highest BCUT2D eigenvalue weighted by atomic mass is 16.5. The van der Waals surface area contributed by atoms with Crippen LogP contribution in [0, 0.1) is 5.92 Å². The molecule has 3 atom stereocenters. The topological polar surface area (TPSA) is 41.6 Å². The molecule has 2 fully saturated rings. The first kappa shape index (κ1) is 16.8. The third-order valence-electron chi connectivity index (χ3n) is 5.27. The number of hydrogen-bond donors (Lipinski definition) is 1. The summed E-state index contributed by atoms with van der Waals surface area (Å²) in [7, 11) is 1.48. The molecule has 4 heteroatoms. The number of rotatable bonds is 6. The van der Waals surface area contributed by atoms with Crippen molar-refractivity contribution in [1.29, 1.82) is 0 Å². The number of ether oxygens (including phenoxy) is 1. The summed E-state index contributed by atoms with van der Waals surface area (Å²) in [6, 6.07) is 1.04. The summed E-state index contributed by atoms with van der Waals surface area (Å²) in [4.78, 5) is 14.8. The first-order valence-corrected chi connectivity index (χ1v) is 8.56. The second kappa shape index (κ2) is 7.10. The smallest absolute Gasteiger partial charge is 0.325 e. The normalized spacial score (nSPS) is 29.2. The lowest BCUT2D eigenvalue weighted by Gasteiger charge is -2.35. The van der Waals surface area contributed by atoms with Crippen LogP contribution < -0.4 is 5.32 Å². The van der Waals surface area contributed by atoms with Gasteiger partial charge >= 0.3 is 5.97 Å². The standard InChI is InChI=1S/C17H32N2O2/c1-13(2)18-17(3,16(20)21-4)10-12-19-11-9-14-7-5-6-8-15(14)19/h13-15,18H,5-12H2,1-4H3. The molecule has 1 N–H and O–H groups in total. The highest BCUT2D eigenvalue weighted by molar-refractivity contribution is 5.80. The van der Waals surface area contributed by atoms with E-state index in [9.17, 15) is 4.79 Å². The molecule has 4 nitrogen and oxygen atoms in total. The third kappa shape index (κ3) is 3.98. The molecule has 0 radical (unpaired) electrons. The van der Waals surface area contributed by atoms with E-state index >= 15 is 0 Å². The van der Waals surface area contributed by atoms with Gasteiger partial charge < -0.3 is 9.64 Å². The monoisotopic (exact) mass is 296 g/mol. The van der Waals surface area contributed by atoms with Gasteiger partial charge in [0.15, 0.2) is 0 Å². The molecule has 1 aliphatic heterocycles. The number of nitrogens with one attached hydrogen (secondary N) is 1. The van der Waals surface area contributed by atoms with Gasteiger partial charge in [0.1, 0.15) is 5.54 Å². The molecule has 3 unspecified atom stereocenters. The summed E-state index contributed by atoms with van der Waals surface area (Å²) >= 11 is 0. The molecule has 2 aliphatic rings. The Kier molecular flexibility index (Phi) is 5.67. The fraction of sp³-hybridized carbons (Fsp3) is 0.941. The summed E-state index contributed by atoms with van der Waals surface area (Å²) in [5.41, 5.74) is -0.574. The van der Waals surface area contributed by atoms with Crippen molar-refractivity contribution in [3.8, 4) is 0 Å². The summed E-state index contributed by atoms with van der Waals surface area (Å²) < 4.78 is 5.02. The first-order valence-electron chi connectivity index (χ1n) is 8.56. The molecule has 0 bridgehead atoms. The minimum Gasteiger partial charge on any atom is -0.468 e. The maximum absolute atomic E-state index is 12.2. The van der Waals surface area contributed by atoms with Gasteiger partial charge in [-0.25, -0.2) is 0 Å². The molecule has 0 aromatic carbocycles. The lowest BCUT2D eigenvalue weighted by atomic mass is 9.85. The SMILES string of the molecule is COC(=O)C(C)(CCN1CCC2CCCCC21)NC(C)C. The van der Waals surface area contributed by atoms with Crippen LogP contribution in [0.1, 0.15) is 59.3 Å². The van der Waals surface area contributed by atoms with E-state index in [0.717, 1.165) is 24.9 Å². The van der Waals surface area contributed by atoms with E-state index in [0.29, 0.717) is 0 Å². The molecule has 0 spiro atoms. The average Bonchev–Trinajstić information content (AvgIpc) is 2.87. The van der Waals surface area contributed by atoms with Crippen LogP contribution in [0.5, 0.6) is 0 Å². The zero-order chi connectivity index (χ0) is 15.5. The van der Waals surface area contributed by atoms with Gasteiger partial charge in [-0.3, -0.25) is 10.1 Å². The van der Waals surface area contributed by atoms with Crippen molar-refractivity contribution in [2.24, 2.45) is 5.92 Å². The first-order chi connectivity index (χ1) is 9.96. The van der Waals surface area contributed by atoms with Crippen molar-refractivity contribution in [3.05, 3.63) is 0 Å². The van der Waals surface area contributed by atoms with E-state index in [1.165, 1.54) is 45.8 Å². The number of carbonyl (C=O) groups is 1. The van der Waals surface area contributed by atoms with Gasteiger partial charge in [0.05, 0.1) is 7.11 Å². The largest absolute Gasteiger partial charge is 0.468 e. The molecule has 21 heavy (non-hydrogen) atoms. The number of likely N-dealkylation sites (tertiary alicyclic amines) is 1. The summed E-state index contributed by atoms with van der Waals surface area (Å²) in [5.74, 6) is 0.761. The molecular weight excluding hydrogens is 264 g/mol. The van der Waals surface area contributed by atoms with Gasteiger partial charge in [0.2, 0.25) is 0 Å². The molecule has 0 aromatic rings. The molecule has 1 saturated carbocycles. The van der Waals surface area contributed by atoms with Crippen molar-refractivity contribution in [3.63, 3.8) is 0 Å². The zero-order valence-corrected chi connectivity index (χ0v) is 14.2. The van der Waals surface area contributed by atoms with Crippen LogP contribution in [0.25, 0.3) is 0 Å². The number of carbonyl (C=O) groups excluding carboxylic acids is 1. The van der Waals surface area contributed by atoms with Crippen LogP contribution in [-0.2, 0) is 9.53 Å². The van der Waals surface area contributed by atoms with Gasteiger partial charge in [0.25, 0.3) is 0 Å². The van der Waals surface area contributed by atoms with E-state index in [1.807, 2.05) is 6.92 Å². The van der Waals surface area contributed by atoms with E-state index in [-0.39, 0.29) is 12.0 Å². The number of fused-ring (bicyclic) bond motifs is 1. The van der Waals surface area contributed by atoms with E-state index in [4.69, 9.17) is 4.74 Å². The second-order valence-electron chi connectivity index (χ2n) is 7.31.